The lowest BCUT2D eigenvalue weighted by Gasteiger charge is -2.04. The van der Waals surface area contributed by atoms with Gasteiger partial charge in [-0.15, -0.1) is 0 Å². The lowest BCUT2D eigenvalue weighted by molar-refractivity contribution is -0.142. The number of cyclic esters (lactones) is 1. The Morgan fingerprint density at radius 1 is 0.920 bits per heavy atom. The van der Waals surface area contributed by atoms with Gasteiger partial charge >= 0.3 is 5.97 Å². The van der Waals surface area contributed by atoms with Crippen molar-refractivity contribution < 1.29 is 24.5 Å². The van der Waals surface area contributed by atoms with Crippen LogP contribution in [0.25, 0.3) is 0 Å². The molecule has 0 saturated carbocycles. The van der Waals surface area contributed by atoms with Crippen molar-refractivity contribution in [3.63, 3.8) is 0 Å². The van der Waals surface area contributed by atoms with Gasteiger partial charge in [0, 0.05) is 6.42 Å². The molecule has 5 heteroatoms. The first-order valence-electron chi connectivity index (χ1n) is 9.90. The summed E-state index contributed by atoms with van der Waals surface area (Å²) in [6.07, 6.45) is 13.7. The predicted octanol–water partition coefficient (Wildman–Crippen LogP) is 4.38. The second-order valence-electron chi connectivity index (χ2n) is 6.90. The second kappa shape index (κ2) is 12.9. The lowest BCUT2D eigenvalue weighted by atomic mass is 10.0. The van der Waals surface area contributed by atoms with Crippen molar-refractivity contribution in [3.8, 4) is 0 Å². The van der Waals surface area contributed by atoms with Crippen LogP contribution in [0.5, 0.6) is 0 Å². The number of aliphatic hydroxyl groups excluding tert-OH is 2. The first kappa shape index (κ1) is 21.7. The molecule has 144 valence electrons. The quantitative estimate of drug-likeness (QED) is 0.259. The Kier molecular flexibility index (Phi) is 11.2. The summed E-state index contributed by atoms with van der Waals surface area (Å²) in [5, 5.41) is 18.7. The molecule has 0 bridgehead atoms. The largest absolute Gasteiger partial charge is 0.507 e. The highest BCUT2D eigenvalue weighted by Gasteiger charge is 2.37. The van der Waals surface area contributed by atoms with Gasteiger partial charge in [-0.05, 0) is 6.42 Å². The highest BCUT2D eigenvalue weighted by molar-refractivity contribution is 6.19. The summed E-state index contributed by atoms with van der Waals surface area (Å²) < 4.78 is 4.74. The topological polar surface area (TPSA) is 83.8 Å². The minimum absolute atomic E-state index is 0.240. The summed E-state index contributed by atoms with van der Waals surface area (Å²) in [6, 6.07) is 0. The number of ketones is 1. The number of hydrogen-bond acceptors (Lipinski definition) is 5. The predicted molar refractivity (Wildman–Crippen MR) is 97.3 cm³/mol. The summed E-state index contributed by atoms with van der Waals surface area (Å²) in [5.41, 5.74) is -0.276. The highest BCUT2D eigenvalue weighted by atomic mass is 16.6. The molecule has 0 amide bonds. The average molecular weight is 354 g/mol. The first-order valence-corrected chi connectivity index (χ1v) is 9.90. The van der Waals surface area contributed by atoms with E-state index in [1.54, 1.807) is 0 Å². The van der Waals surface area contributed by atoms with E-state index >= 15 is 0 Å². The maximum absolute atomic E-state index is 12.0. The van der Waals surface area contributed by atoms with Crippen molar-refractivity contribution in [1.29, 1.82) is 0 Å². The van der Waals surface area contributed by atoms with Crippen molar-refractivity contribution in [2.24, 2.45) is 0 Å². The summed E-state index contributed by atoms with van der Waals surface area (Å²) in [5.74, 6) is -1.62. The Bertz CT molecular complexity index is 441. The monoisotopic (exact) mass is 354 g/mol. The lowest BCUT2D eigenvalue weighted by Crippen LogP contribution is -2.15. The van der Waals surface area contributed by atoms with Crippen LogP contribution in [0.1, 0.15) is 90.4 Å². The van der Waals surface area contributed by atoms with Gasteiger partial charge in [0.15, 0.2) is 17.6 Å². The fourth-order valence-corrected chi connectivity index (χ4v) is 3.14. The van der Waals surface area contributed by atoms with E-state index in [2.05, 4.69) is 6.92 Å². The molecule has 0 fully saturated rings. The highest BCUT2D eigenvalue weighted by Crippen LogP contribution is 2.23. The van der Waals surface area contributed by atoms with Gasteiger partial charge in [0.25, 0.3) is 0 Å². The van der Waals surface area contributed by atoms with Crippen LogP contribution in [0.4, 0.5) is 0 Å². The van der Waals surface area contributed by atoms with Crippen LogP contribution in [0, 0.1) is 0 Å². The third-order valence-electron chi connectivity index (χ3n) is 4.72. The fourth-order valence-electron chi connectivity index (χ4n) is 3.14. The number of rotatable bonds is 15. The van der Waals surface area contributed by atoms with Gasteiger partial charge in [-0.3, -0.25) is 4.79 Å². The van der Waals surface area contributed by atoms with Crippen LogP contribution in [0.15, 0.2) is 11.3 Å². The van der Waals surface area contributed by atoms with Gasteiger partial charge in [-0.1, -0.05) is 77.6 Å². The SMILES string of the molecule is CCCCCCCCCCCCCCC(=O)C1=C(O)[C@H](CO)OC1=O. The van der Waals surface area contributed by atoms with Crippen molar-refractivity contribution >= 4 is 11.8 Å². The van der Waals surface area contributed by atoms with E-state index in [9.17, 15) is 14.7 Å². The maximum atomic E-state index is 12.0. The van der Waals surface area contributed by atoms with E-state index in [0.717, 1.165) is 12.8 Å². The molecular formula is C20H34O5. The van der Waals surface area contributed by atoms with Crippen molar-refractivity contribution in [3.05, 3.63) is 11.3 Å². The van der Waals surface area contributed by atoms with Crippen LogP contribution in [0.3, 0.4) is 0 Å². The standard InChI is InChI=1S/C20H34O5/c1-2-3-4-5-6-7-8-9-10-11-12-13-14-16(22)18-19(23)17(15-21)25-20(18)24/h17,21,23H,2-15H2,1H3/t17-/m0/s1. The van der Waals surface area contributed by atoms with Crippen LogP contribution >= 0.6 is 0 Å². The molecule has 0 spiro atoms. The van der Waals surface area contributed by atoms with Gasteiger partial charge in [-0.2, -0.15) is 0 Å². The zero-order chi connectivity index (χ0) is 18.5. The number of esters is 1. The molecule has 1 aliphatic heterocycles. The summed E-state index contributed by atoms with van der Waals surface area (Å²) >= 11 is 0. The second-order valence-corrected chi connectivity index (χ2v) is 6.90. The van der Waals surface area contributed by atoms with Gasteiger partial charge < -0.3 is 14.9 Å². The summed E-state index contributed by atoms with van der Waals surface area (Å²) in [6.45, 7) is 1.73. The zero-order valence-corrected chi connectivity index (χ0v) is 15.6. The molecule has 2 N–H and O–H groups in total. The number of hydrogen-bond donors (Lipinski definition) is 2. The van der Waals surface area contributed by atoms with Crippen LogP contribution in [0.2, 0.25) is 0 Å². The van der Waals surface area contributed by atoms with E-state index < -0.39 is 24.4 Å². The molecule has 0 aromatic heterocycles. The van der Waals surface area contributed by atoms with Crippen LogP contribution < -0.4 is 0 Å². The summed E-state index contributed by atoms with van der Waals surface area (Å²) in [4.78, 5) is 23.6. The van der Waals surface area contributed by atoms with E-state index in [4.69, 9.17) is 9.84 Å². The Balaban J connectivity index is 2.02. The number of ether oxygens (including phenoxy) is 1. The molecule has 1 heterocycles. The number of Topliss-reactive ketones (excluding diaryl/α,β-unsaturated/α-hetero) is 1. The van der Waals surface area contributed by atoms with Crippen molar-refractivity contribution in [2.75, 3.05) is 6.61 Å². The average Bonchev–Trinajstić information content (AvgIpc) is 2.89. The number of unbranched alkanes of at least 4 members (excludes halogenated alkanes) is 11. The molecular weight excluding hydrogens is 320 g/mol. The van der Waals surface area contributed by atoms with Crippen LogP contribution in [-0.2, 0) is 14.3 Å². The third-order valence-corrected chi connectivity index (χ3v) is 4.72. The maximum Gasteiger partial charge on any atom is 0.346 e. The molecule has 25 heavy (non-hydrogen) atoms. The van der Waals surface area contributed by atoms with E-state index in [0.29, 0.717) is 6.42 Å². The molecule has 0 aromatic carbocycles. The number of aliphatic hydroxyl groups is 2. The molecule has 0 radical (unpaired) electrons. The zero-order valence-electron chi connectivity index (χ0n) is 15.6. The Morgan fingerprint density at radius 2 is 1.40 bits per heavy atom. The van der Waals surface area contributed by atoms with Crippen molar-refractivity contribution in [1.82, 2.24) is 0 Å². The molecule has 1 aliphatic rings. The molecule has 0 saturated heterocycles. The molecule has 0 unspecified atom stereocenters. The fraction of sp³-hybridized carbons (Fsp3) is 0.800. The van der Waals surface area contributed by atoms with E-state index in [1.807, 2.05) is 0 Å². The Labute approximate surface area is 151 Å². The number of carbonyl (C=O) groups is 2. The Hall–Kier alpha value is -1.36. The Morgan fingerprint density at radius 3 is 1.84 bits per heavy atom. The smallest absolute Gasteiger partial charge is 0.346 e. The van der Waals surface area contributed by atoms with Crippen molar-refractivity contribution in [2.45, 2.75) is 96.5 Å². The van der Waals surface area contributed by atoms with Crippen LogP contribution in [-0.4, -0.2) is 34.7 Å². The molecule has 5 nitrogen and oxygen atoms in total. The third kappa shape index (κ3) is 8.04. The minimum Gasteiger partial charge on any atom is -0.507 e. The number of carbonyl (C=O) groups excluding carboxylic acids is 2. The van der Waals surface area contributed by atoms with Gasteiger partial charge in [-0.25, -0.2) is 4.79 Å². The van der Waals surface area contributed by atoms with Gasteiger partial charge in [0.1, 0.15) is 5.57 Å². The first-order chi connectivity index (χ1) is 12.1. The molecule has 1 rings (SSSR count). The normalized spacial score (nSPS) is 17.2. The molecule has 0 aliphatic carbocycles. The van der Waals surface area contributed by atoms with E-state index in [1.165, 1.54) is 57.8 Å². The molecule has 0 aromatic rings. The van der Waals surface area contributed by atoms with Gasteiger partial charge in [0.05, 0.1) is 6.61 Å². The van der Waals surface area contributed by atoms with E-state index in [-0.39, 0.29) is 17.8 Å². The molecule has 1 atom stereocenters. The minimum atomic E-state index is -1.08. The summed E-state index contributed by atoms with van der Waals surface area (Å²) in [7, 11) is 0. The van der Waals surface area contributed by atoms with Gasteiger partial charge in [0.2, 0.25) is 0 Å².